The molecule has 0 aromatic rings. The molecule has 0 bridgehead atoms. The number of rotatable bonds is 5. The molecule has 0 spiro atoms. The average Bonchev–Trinajstić information content (AvgIpc) is 2.97. The van der Waals surface area contributed by atoms with Gasteiger partial charge in [0, 0.05) is 17.4 Å². The minimum Gasteiger partial charge on any atom is -0.332 e. The molecule has 2 aliphatic heterocycles. The predicted octanol–water partition coefficient (Wildman–Crippen LogP) is 3.74. The molecule has 4 nitrogen and oxygen atoms in total. The summed E-state index contributed by atoms with van der Waals surface area (Å²) in [6.07, 6.45) is 5.10. The first-order valence-corrected chi connectivity index (χ1v) is 9.31. The van der Waals surface area contributed by atoms with Gasteiger partial charge in [0.1, 0.15) is 5.78 Å². The van der Waals surface area contributed by atoms with E-state index in [1.165, 1.54) is 6.42 Å². The van der Waals surface area contributed by atoms with Gasteiger partial charge in [-0.15, -0.1) is 0 Å². The third-order valence-corrected chi connectivity index (χ3v) is 4.71. The van der Waals surface area contributed by atoms with Crippen LogP contribution < -0.4 is 10.6 Å². The zero-order valence-corrected chi connectivity index (χ0v) is 15.0. The van der Waals surface area contributed by atoms with E-state index >= 15 is 0 Å². The van der Waals surface area contributed by atoms with E-state index in [9.17, 15) is 9.59 Å². The van der Waals surface area contributed by atoms with Crippen molar-refractivity contribution in [3.8, 4) is 0 Å². The molecule has 0 unspecified atom stereocenters. The molecule has 0 saturated carbocycles. The Balaban J connectivity index is 0.000000713. The first-order valence-electron chi connectivity index (χ1n) is 8.26. The number of carbonyl (C=O) groups is 2. The van der Waals surface area contributed by atoms with Crippen LogP contribution in [0.1, 0.15) is 66.7 Å². The zero-order valence-electron chi connectivity index (χ0n) is 14.2. The van der Waals surface area contributed by atoms with Gasteiger partial charge in [-0.25, -0.2) is 4.79 Å². The fourth-order valence-electron chi connectivity index (χ4n) is 2.36. The normalized spacial score (nSPS) is 25.6. The van der Waals surface area contributed by atoms with Gasteiger partial charge in [0.2, 0.25) is 0 Å². The quantitative estimate of drug-likeness (QED) is 0.600. The van der Waals surface area contributed by atoms with Crippen molar-refractivity contribution < 1.29 is 9.59 Å². The molecule has 2 saturated heterocycles. The largest absolute Gasteiger partial charge is 0.332 e. The predicted molar refractivity (Wildman–Crippen MR) is 92.0 cm³/mol. The Morgan fingerprint density at radius 3 is 2.43 bits per heavy atom. The summed E-state index contributed by atoms with van der Waals surface area (Å²) in [5.74, 6) is 1.29. The highest BCUT2D eigenvalue weighted by Crippen LogP contribution is 2.33. The number of hydrogen-bond donors (Lipinski definition) is 2. The van der Waals surface area contributed by atoms with E-state index in [0.717, 1.165) is 25.0 Å². The highest BCUT2D eigenvalue weighted by atomic mass is 32.2. The maximum absolute atomic E-state index is 11.1. The molecule has 0 radical (unpaired) electrons. The molecule has 124 valence electrons. The average molecular weight is 317 g/mol. The van der Waals surface area contributed by atoms with E-state index in [-0.39, 0.29) is 11.8 Å². The van der Waals surface area contributed by atoms with Gasteiger partial charge >= 0.3 is 6.03 Å². The summed E-state index contributed by atoms with van der Waals surface area (Å²) in [6, 6.07) is 0.592. The van der Waals surface area contributed by atoms with Crippen LogP contribution in [-0.4, -0.2) is 34.9 Å². The van der Waals surface area contributed by atoms with E-state index in [4.69, 9.17) is 0 Å². The van der Waals surface area contributed by atoms with E-state index in [1.54, 1.807) is 6.92 Å². The minimum absolute atomic E-state index is 0.0240. The summed E-state index contributed by atoms with van der Waals surface area (Å²) in [6.45, 7) is 9.89. The highest BCUT2D eigenvalue weighted by Gasteiger charge is 2.42. The summed E-state index contributed by atoms with van der Waals surface area (Å²) in [5, 5.41) is 6.43. The number of amides is 2. The van der Waals surface area contributed by atoms with Crippen molar-refractivity contribution in [3.63, 3.8) is 0 Å². The van der Waals surface area contributed by atoms with Crippen molar-refractivity contribution in [1.82, 2.24) is 10.6 Å². The second-order valence-corrected chi connectivity index (χ2v) is 6.55. The van der Waals surface area contributed by atoms with Gasteiger partial charge in [-0.1, -0.05) is 40.5 Å². The SMILES string of the molecule is CC.CC(=O)CCCC[C@@H]1SC[C@@H]2NC(=O)N[C@@H]21.CCC. The molecule has 3 atom stereocenters. The Kier molecular flexibility index (Phi) is 11.5. The van der Waals surface area contributed by atoms with Gasteiger partial charge in [0.05, 0.1) is 12.1 Å². The highest BCUT2D eigenvalue weighted by molar-refractivity contribution is 8.00. The first-order chi connectivity index (χ1) is 10.1. The van der Waals surface area contributed by atoms with Crippen molar-refractivity contribution in [3.05, 3.63) is 0 Å². The van der Waals surface area contributed by atoms with Crippen LogP contribution >= 0.6 is 11.8 Å². The van der Waals surface area contributed by atoms with Gasteiger partial charge in [-0.3, -0.25) is 0 Å². The number of ketones is 1. The standard InChI is InChI=1S/C11H18N2O2S.C3H8.C2H6/c1-7(14)4-2-3-5-9-10-8(6-16-9)12-11(15)13-10;1-3-2;1-2/h8-10H,2-6H2,1H3,(H2,12,13,15);3H2,1-2H3;1-2H3/t8-,9-,10-;;/m0../s1. The van der Waals surface area contributed by atoms with Crippen molar-refractivity contribution in [1.29, 1.82) is 0 Å². The van der Waals surface area contributed by atoms with E-state index in [2.05, 4.69) is 24.5 Å². The van der Waals surface area contributed by atoms with Crippen LogP contribution in [0.4, 0.5) is 4.79 Å². The third kappa shape index (κ3) is 7.74. The summed E-state index contributed by atoms with van der Waals surface area (Å²) in [5.41, 5.74) is 0. The second-order valence-electron chi connectivity index (χ2n) is 5.28. The molecule has 2 amide bonds. The molecular formula is C16H32N2O2S. The summed E-state index contributed by atoms with van der Waals surface area (Å²) in [7, 11) is 0. The molecule has 2 rings (SSSR count). The molecule has 2 heterocycles. The Morgan fingerprint density at radius 2 is 1.86 bits per heavy atom. The van der Waals surface area contributed by atoms with Crippen LogP contribution in [0.25, 0.3) is 0 Å². The zero-order chi connectivity index (χ0) is 16.3. The summed E-state index contributed by atoms with van der Waals surface area (Å²) >= 11 is 1.93. The molecule has 0 aromatic carbocycles. The fraction of sp³-hybridized carbons (Fsp3) is 0.875. The summed E-state index contributed by atoms with van der Waals surface area (Å²) in [4.78, 5) is 21.9. The lowest BCUT2D eigenvalue weighted by Crippen LogP contribution is -2.36. The molecule has 2 aliphatic rings. The number of hydrogen-bond acceptors (Lipinski definition) is 3. The summed E-state index contributed by atoms with van der Waals surface area (Å²) < 4.78 is 0. The monoisotopic (exact) mass is 316 g/mol. The Morgan fingerprint density at radius 1 is 1.24 bits per heavy atom. The van der Waals surface area contributed by atoms with Gasteiger partial charge in [0.15, 0.2) is 0 Å². The molecule has 5 heteroatoms. The Bertz CT molecular complexity index is 311. The van der Waals surface area contributed by atoms with Crippen LogP contribution in [-0.2, 0) is 4.79 Å². The number of Topliss-reactive ketones (excluding diaryl/α,β-unsaturated/α-hetero) is 1. The van der Waals surface area contributed by atoms with Crippen molar-refractivity contribution in [2.45, 2.75) is 84.1 Å². The fourth-order valence-corrected chi connectivity index (χ4v) is 3.91. The van der Waals surface area contributed by atoms with Crippen molar-refractivity contribution in [2.24, 2.45) is 0 Å². The molecule has 0 aliphatic carbocycles. The number of urea groups is 1. The Hall–Kier alpha value is -0.710. The number of nitrogens with one attached hydrogen (secondary N) is 2. The topological polar surface area (TPSA) is 58.2 Å². The van der Waals surface area contributed by atoms with Crippen LogP contribution in [0.3, 0.4) is 0 Å². The third-order valence-electron chi connectivity index (χ3n) is 3.21. The van der Waals surface area contributed by atoms with Gasteiger partial charge < -0.3 is 15.4 Å². The van der Waals surface area contributed by atoms with E-state index in [0.29, 0.717) is 23.8 Å². The van der Waals surface area contributed by atoms with E-state index < -0.39 is 0 Å². The van der Waals surface area contributed by atoms with Gasteiger partial charge in [-0.2, -0.15) is 11.8 Å². The van der Waals surface area contributed by atoms with E-state index in [1.807, 2.05) is 25.6 Å². The van der Waals surface area contributed by atoms with Gasteiger partial charge in [-0.05, 0) is 19.8 Å². The number of carbonyl (C=O) groups excluding carboxylic acids is 2. The lowest BCUT2D eigenvalue weighted by Gasteiger charge is -2.16. The molecule has 2 fully saturated rings. The maximum Gasteiger partial charge on any atom is 0.315 e. The lowest BCUT2D eigenvalue weighted by molar-refractivity contribution is -0.117. The Labute approximate surface area is 134 Å². The van der Waals surface area contributed by atoms with Crippen LogP contribution in [0, 0.1) is 0 Å². The molecule has 0 aromatic heterocycles. The van der Waals surface area contributed by atoms with Crippen LogP contribution in [0.2, 0.25) is 0 Å². The van der Waals surface area contributed by atoms with Crippen molar-refractivity contribution in [2.75, 3.05) is 5.75 Å². The number of unbranched alkanes of at least 4 members (excludes halogenated alkanes) is 1. The lowest BCUT2D eigenvalue weighted by atomic mass is 10.0. The number of fused-ring (bicyclic) bond motifs is 1. The van der Waals surface area contributed by atoms with Crippen LogP contribution in [0.15, 0.2) is 0 Å². The smallest absolute Gasteiger partial charge is 0.315 e. The molecular weight excluding hydrogens is 284 g/mol. The number of thioether (sulfide) groups is 1. The van der Waals surface area contributed by atoms with Crippen molar-refractivity contribution >= 4 is 23.6 Å². The first kappa shape index (κ1) is 20.3. The minimum atomic E-state index is -0.0240. The second kappa shape index (κ2) is 11.9. The van der Waals surface area contributed by atoms with Gasteiger partial charge in [0.25, 0.3) is 0 Å². The van der Waals surface area contributed by atoms with Crippen LogP contribution in [0.5, 0.6) is 0 Å². The molecule has 2 N–H and O–H groups in total. The molecule has 21 heavy (non-hydrogen) atoms. The maximum atomic E-state index is 11.1.